The quantitative estimate of drug-likeness (QED) is 0.807. The van der Waals surface area contributed by atoms with Crippen LogP contribution in [0.25, 0.3) is 23.0 Å². The van der Waals surface area contributed by atoms with Gasteiger partial charge in [-0.1, -0.05) is 18.7 Å². The number of benzene rings is 1. The molecule has 1 aliphatic heterocycles. The fraction of sp³-hybridized carbons (Fsp3) is 0.222. The average Bonchev–Trinajstić information content (AvgIpc) is 3.05. The van der Waals surface area contributed by atoms with Crippen LogP contribution in [-0.2, 0) is 0 Å². The predicted octanol–water partition coefficient (Wildman–Crippen LogP) is 2.45. The number of nitrogens with zero attached hydrogens (tertiary/aromatic N) is 4. The Morgan fingerprint density at radius 2 is 1.83 bits per heavy atom. The van der Waals surface area contributed by atoms with Gasteiger partial charge in [0.2, 0.25) is 0 Å². The summed E-state index contributed by atoms with van der Waals surface area (Å²) in [7, 11) is 0. The van der Waals surface area contributed by atoms with Crippen LogP contribution in [0.15, 0.2) is 49.2 Å². The second kappa shape index (κ2) is 5.85. The van der Waals surface area contributed by atoms with E-state index < -0.39 is 0 Å². The van der Waals surface area contributed by atoms with Crippen LogP contribution in [0.1, 0.15) is 5.69 Å². The fourth-order valence-electron chi connectivity index (χ4n) is 2.96. The molecule has 0 saturated carbocycles. The molecule has 1 N–H and O–H groups in total. The number of hydrogen-bond donors (Lipinski definition) is 1. The van der Waals surface area contributed by atoms with Crippen LogP contribution in [-0.4, -0.2) is 40.8 Å². The van der Waals surface area contributed by atoms with Crippen LogP contribution in [0.4, 0.5) is 5.69 Å². The number of nitrogens with one attached hydrogen (secondary N) is 1. The van der Waals surface area contributed by atoms with E-state index in [1.165, 1.54) is 5.69 Å². The van der Waals surface area contributed by atoms with E-state index >= 15 is 0 Å². The van der Waals surface area contributed by atoms with Crippen molar-refractivity contribution in [2.24, 2.45) is 0 Å². The third kappa shape index (κ3) is 2.59. The molecule has 1 fully saturated rings. The Bertz CT molecular complexity index is 828. The molecule has 0 unspecified atom stereocenters. The lowest BCUT2D eigenvalue weighted by Gasteiger charge is -2.29. The molecule has 0 atom stereocenters. The summed E-state index contributed by atoms with van der Waals surface area (Å²) >= 11 is 0. The Kier molecular flexibility index (Phi) is 3.55. The molecule has 5 nitrogen and oxygen atoms in total. The lowest BCUT2D eigenvalue weighted by atomic mass is 10.1. The van der Waals surface area contributed by atoms with Crippen molar-refractivity contribution >= 4 is 17.4 Å². The summed E-state index contributed by atoms with van der Waals surface area (Å²) in [5, 5.41) is 7.94. The van der Waals surface area contributed by atoms with Gasteiger partial charge in [0.1, 0.15) is 0 Å². The van der Waals surface area contributed by atoms with Crippen molar-refractivity contribution in [3.63, 3.8) is 0 Å². The van der Waals surface area contributed by atoms with Gasteiger partial charge in [0.25, 0.3) is 0 Å². The molecule has 0 bridgehead atoms. The first-order valence-electron chi connectivity index (χ1n) is 7.88. The monoisotopic (exact) mass is 305 g/mol. The summed E-state index contributed by atoms with van der Waals surface area (Å²) in [4.78, 5) is 6.84. The minimum absolute atomic E-state index is 0.842. The maximum Gasteiger partial charge on any atom is 0.154 e. The van der Waals surface area contributed by atoms with Gasteiger partial charge in [0.15, 0.2) is 5.65 Å². The van der Waals surface area contributed by atoms with E-state index in [-0.39, 0.29) is 0 Å². The van der Waals surface area contributed by atoms with Crippen molar-refractivity contribution in [2.75, 3.05) is 31.1 Å². The van der Waals surface area contributed by atoms with Gasteiger partial charge in [0, 0.05) is 37.4 Å². The van der Waals surface area contributed by atoms with Crippen LogP contribution in [0, 0.1) is 0 Å². The van der Waals surface area contributed by atoms with Crippen molar-refractivity contribution in [3.05, 3.63) is 54.9 Å². The highest BCUT2D eigenvalue weighted by Gasteiger charge is 2.12. The molecule has 5 heteroatoms. The molecule has 3 heterocycles. The molecule has 0 aliphatic carbocycles. The Morgan fingerprint density at radius 1 is 1.04 bits per heavy atom. The number of hydrogen-bond acceptors (Lipinski definition) is 4. The fourth-order valence-corrected chi connectivity index (χ4v) is 2.96. The summed E-state index contributed by atoms with van der Waals surface area (Å²) in [6.45, 7) is 7.98. The van der Waals surface area contributed by atoms with E-state index in [2.05, 4.69) is 51.1 Å². The lowest BCUT2D eigenvalue weighted by molar-refractivity contribution is 0.589. The largest absolute Gasteiger partial charge is 0.369 e. The van der Waals surface area contributed by atoms with Gasteiger partial charge in [-0.25, -0.2) is 9.50 Å². The average molecular weight is 305 g/mol. The van der Waals surface area contributed by atoms with Gasteiger partial charge in [-0.15, -0.1) is 0 Å². The Balaban J connectivity index is 1.69. The molecule has 1 saturated heterocycles. The summed E-state index contributed by atoms with van der Waals surface area (Å²) in [5.74, 6) is 0. The topological polar surface area (TPSA) is 45.5 Å². The molecule has 0 spiro atoms. The van der Waals surface area contributed by atoms with Gasteiger partial charge in [-0.3, -0.25) is 0 Å². The van der Waals surface area contributed by atoms with E-state index in [0.29, 0.717) is 0 Å². The maximum atomic E-state index is 4.56. The second-order valence-corrected chi connectivity index (χ2v) is 5.66. The van der Waals surface area contributed by atoms with Gasteiger partial charge >= 0.3 is 0 Å². The highest BCUT2D eigenvalue weighted by Crippen LogP contribution is 2.24. The lowest BCUT2D eigenvalue weighted by Crippen LogP contribution is -2.43. The van der Waals surface area contributed by atoms with E-state index in [9.17, 15) is 0 Å². The predicted molar refractivity (Wildman–Crippen MR) is 93.6 cm³/mol. The zero-order valence-electron chi connectivity index (χ0n) is 12.9. The third-order valence-electron chi connectivity index (χ3n) is 4.24. The number of fused-ring (bicyclic) bond motifs is 1. The maximum absolute atomic E-state index is 4.56. The van der Waals surface area contributed by atoms with E-state index in [1.807, 2.05) is 22.8 Å². The highest BCUT2D eigenvalue weighted by atomic mass is 15.3. The molecular weight excluding hydrogens is 286 g/mol. The number of imidazole rings is 1. The first-order chi connectivity index (χ1) is 11.3. The van der Waals surface area contributed by atoms with Crippen LogP contribution >= 0.6 is 0 Å². The molecule has 0 radical (unpaired) electrons. The summed E-state index contributed by atoms with van der Waals surface area (Å²) in [5.41, 5.74) is 5.07. The number of rotatable bonds is 3. The molecule has 3 aromatic rings. The van der Waals surface area contributed by atoms with Crippen LogP contribution in [0.3, 0.4) is 0 Å². The van der Waals surface area contributed by atoms with E-state index in [4.69, 9.17) is 0 Å². The molecular formula is C18H19N5. The zero-order valence-corrected chi connectivity index (χ0v) is 12.9. The third-order valence-corrected chi connectivity index (χ3v) is 4.24. The van der Waals surface area contributed by atoms with Gasteiger partial charge < -0.3 is 10.2 Å². The zero-order chi connectivity index (χ0) is 15.6. The normalized spacial score (nSPS) is 15.0. The summed E-state index contributed by atoms with van der Waals surface area (Å²) in [6.07, 6.45) is 3.62. The summed E-state index contributed by atoms with van der Waals surface area (Å²) in [6, 6.07) is 12.5. The number of anilines is 1. The minimum atomic E-state index is 0.842. The molecule has 1 aromatic carbocycles. The van der Waals surface area contributed by atoms with Crippen molar-refractivity contribution < 1.29 is 0 Å². The molecule has 1 aliphatic rings. The first kappa shape index (κ1) is 14.0. The highest BCUT2D eigenvalue weighted by molar-refractivity contribution is 5.66. The van der Waals surface area contributed by atoms with Gasteiger partial charge in [-0.05, 0) is 30.3 Å². The van der Waals surface area contributed by atoms with Crippen molar-refractivity contribution in [1.29, 1.82) is 0 Å². The Hall–Kier alpha value is -2.66. The molecule has 23 heavy (non-hydrogen) atoms. The standard InChI is InChI=1S/C18H19N5/c1-2-15-5-8-18-20-13-17(23(18)21-15)14-3-6-16(7-4-14)22-11-9-19-10-12-22/h2-8,13,19H,1,9-12H2. The van der Waals surface area contributed by atoms with E-state index in [1.54, 1.807) is 6.08 Å². The second-order valence-electron chi connectivity index (χ2n) is 5.66. The Labute approximate surface area is 135 Å². The first-order valence-corrected chi connectivity index (χ1v) is 7.88. The molecule has 4 rings (SSSR count). The number of piperazine rings is 1. The Morgan fingerprint density at radius 3 is 2.57 bits per heavy atom. The van der Waals surface area contributed by atoms with Crippen LogP contribution in [0.2, 0.25) is 0 Å². The molecule has 116 valence electrons. The van der Waals surface area contributed by atoms with Gasteiger partial charge in [-0.2, -0.15) is 5.10 Å². The number of aromatic nitrogens is 3. The molecule has 0 amide bonds. The SMILES string of the molecule is C=Cc1ccc2ncc(-c3ccc(N4CCNCC4)cc3)n2n1. The molecule has 2 aromatic heterocycles. The van der Waals surface area contributed by atoms with Crippen LogP contribution < -0.4 is 10.2 Å². The smallest absolute Gasteiger partial charge is 0.154 e. The minimum Gasteiger partial charge on any atom is -0.369 e. The van der Waals surface area contributed by atoms with E-state index in [0.717, 1.165) is 48.8 Å². The van der Waals surface area contributed by atoms with Crippen LogP contribution in [0.5, 0.6) is 0 Å². The van der Waals surface area contributed by atoms with Crippen molar-refractivity contribution in [3.8, 4) is 11.3 Å². The van der Waals surface area contributed by atoms with Crippen molar-refractivity contribution in [2.45, 2.75) is 0 Å². The summed E-state index contributed by atoms with van der Waals surface area (Å²) < 4.78 is 1.87. The van der Waals surface area contributed by atoms with Crippen molar-refractivity contribution in [1.82, 2.24) is 19.9 Å². The van der Waals surface area contributed by atoms with Gasteiger partial charge in [0.05, 0.1) is 17.6 Å².